The van der Waals surface area contributed by atoms with Crippen LogP contribution in [0.4, 0.5) is 14.5 Å². The molecule has 0 bridgehead atoms. The van der Waals surface area contributed by atoms with Crippen LogP contribution in [0.3, 0.4) is 0 Å². The van der Waals surface area contributed by atoms with Gasteiger partial charge >= 0.3 is 0 Å². The largest absolute Gasteiger partial charge is 0.490 e. The Labute approximate surface area is 171 Å². The number of aryl methyl sites for hydroxylation is 1. The molecule has 3 heterocycles. The highest BCUT2D eigenvalue weighted by atomic mass is 19.2. The number of rotatable bonds is 3. The number of ether oxygens (including phenoxy) is 1. The van der Waals surface area contributed by atoms with Crippen molar-refractivity contribution in [3.05, 3.63) is 64.1 Å². The lowest BCUT2D eigenvalue weighted by Crippen LogP contribution is -2.45. The molecule has 4 rings (SSSR count). The van der Waals surface area contributed by atoms with Crippen LogP contribution >= 0.6 is 0 Å². The van der Waals surface area contributed by atoms with Crippen LogP contribution in [0, 0.1) is 28.9 Å². The summed E-state index contributed by atoms with van der Waals surface area (Å²) in [7, 11) is 1.67. The van der Waals surface area contributed by atoms with Crippen molar-refractivity contribution in [2.45, 2.75) is 19.4 Å². The minimum absolute atomic E-state index is 0.0603. The van der Waals surface area contributed by atoms with E-state index in [4.69, 9.17) is 4.74 Å². The molecule has 0 saturated carbocycles. The molecular weight excluding hydrogens is 390 g/mol. The van der Waals surface area contributed by atoms with E-state index >= 15 is 0 Å². The van der Waals surface area contributed by atoms with Gasteiger partial charge in [0.1, 0.15) is 29.1 Å². The lowest BCUT2D eigenvalue weighted by Gasteiger charge is -2.38. The Hall–Kier alpha value is -3.47. The van der Waals surface area contributed by atoms with Gasteiger partial charge in [-0.2, -0.15) is 5.26 Å². The maximum atomic E-state index is 13.5. The summed E-state index contributed by atoms with van der Waals surface area (Å²) >= 11 is 0. The Morgan fingerprint density at radius 3 is 2.70 bits per heavy atom. The van der Waals surface area contributed by atoms with Crippen LogP contribution in [-0.4, -0.2) is 28.7 Å². The summed E-state index contributed by atoms with van der Waals surface area (Å²) in [6.45, 7) is 3.20. The molecule has 154 valence electrons. The predicted molar refractivity (Wildman–Crippen MR) is 108 cm³/mol. The van der Waals surface area contributed by atoms with Gasteiger partial charge in [-0.15, -0.1) is 0 Å². The molecule has 1 aromatic carbocycles. The van der Waals surface area contributed by atoms with Crippen molar-refractivity contribution in [3.63, 3.8) is 0 Å². The zero-order chi connectivity index (χ0) is 21.4. The van der Waals surface area contributed by atoms with Crippen LogP contribution in [0.5, 0.6) is 5.75 Å². The van der Waals surface area contributed by atoms with Gasteiger partial charge in [0.2, 0.25) is 0 Å². The van der Waals surface area contributed by atoms with E-state index in [1.807, 2.05) is 13.0 Å². The summed E-state index contributed by atoms with van der Waals surface area (Å²) in [5, 5.41) is 9.21. The fourth-order valence-electron chi connectivity index (χ4n) is 3.86. The van der Waals surface area contributed by atoms with Crippen molar-refractivity contribution in [1.82, 2.24) is 9.55 Å². The first-order valence-corrected chi connectivity index (χ1v) is 9.65. The molecule has 2 unspecified atom stereocenters. The summed E-state index contributed by atoms with van der Waals surface area (Å²) in [5.74, 6) is -1.50. The summed E-state index contributed by atoms with van der Waals surface area (Å²) in [4.78, 5) is 18.9. The second-order valence-corrected chi connectivity index (χ2v) is 7.55. The molecule has 2 aromatic heterocycles. The SMILES string of the molecule is CC1CN(c2cc(=O)n(C)c3ccc(C#N)nc23)CCC1Oc1ccc(F)c(F)c1. The summed E-state index contributed by atoms with van der Waals surface area (Å²) < 4.78 is 34.0. The highest BCUT2D eigenvalue weighted by Gasteiger charge is 2.29. The van der Waals surface area contributed by atoms with Gasteiger partial charge in [-0.3, -0.25) is 4.79 Å². The third-order valence-corrected chi connectivity index (χ3v) is 5.53. The van der Waals surface area contributed by atoms with E-state index in [1.54, 1.807) is 25.2 Å². The minimum Gasteiger partial charge on any atom is -0.490 e. The number of hydrogen-bond acceptors (Lipinski definition) is 5. The molecule has 3 aromatic rings. The first-order chi connectivity index (χ1) is 14.4. The van der Waals surface area contributed by atoms with Gasteiger partial charge in [0, 0.05) is 44.6 Å². The smallest absolute Gasteiger partial charge is 0.252 e. The van der Waals surface area contributed by atoms with Gasteiger partial charge in [-0.25, -0.2) is 13.8 Å². The van der Waals surface area contributed by atoms with Crippen LogP contribution in [0.15, 0.2) is 41.2 Å². The van der Waals surface area contributed by atoms with E-state index in [-0.39, 0.29) is 23.3 Å². The summed E-state index contributed by atoms with van der Waals surface area (Å²) in [5.41, 5.74) is 2.07. The molecular formula is C22H20F2N4O2. The quantitative estimate of drug-likeness (QED) is 0.662. The Morgan fingerprint density at radius 2 is 2.00 bits per heavy atom. The average Bonchev–Trinajstić information content (AvgIpc) is 2.74. The molecule has 0 N–H and O–H groups in total. The molecule has 0 amide bonds. The van der Waals surface area contributed by atoms with Gasteiger partial charge in [0.05, 0.1) is 11.2 Å². The third kappa shape index (κ3) is 3.59. The minimum atomic E-state index is -0.941. The molecule has 1 aliphatic rings. The number of nitriles is 1. The van der Waals surface area contributed by atoms with E-state index < -0.39 is 11.6 Å². The first kappa shape index (κ1) is 19.8. The number of pyridine rings is 2. The standard InChI is InChI=1S/C22H20F2N4O2/c1-13-12-28(8-7-20(13)30-15-4-5-16(23)17(24)9-15)19-10-21(29)27(2)18-6-3-14(11-25)26-22(18)19/h3-6,9-10,13,20H,7-8,12H2,1-2H3. The number of fused-ring (bicyclic) bond motifs is 1. The second kappa shape index (κ2) is 7.75. The van der Waals surface area contributed by atoms with E-state index in [9.17, 15) is 18.8 Å². The third-order valence-electron chi connectivity index (χ3n) is 5.53. The van der Waals surface area contributed by atoms with Gasteiger partial charge in [-0.1, -0.05) is 6.92 Å². The zero-order valence-corrected chi connectivity index (χ0v) is 16.6. The maximum absolute atomic E-state index is 13.5. The van der Waals surface area contributed by atoms with Gasteiger partial charge < -0.3 is 14.2 Å². The fourth-order valence-corrected chi connectivity index (χ4v) is 3.86. The number of hydrogen-bond donors (Lipinski definition) is 0. The summed E-state index contributed by atoms with van der Waals surface area (Å²) in [6, 6.07) is 10.4. The topological polar surface area (TPSA) is 71.2 Å². The van der Waals surface area contributed by atoms with Crippen molar-refractivity contribution >= 4 is 16.7 Å². The van der Waals surface area contributed by atoms with Gasteiger partial charge in [0.25, 0.3) is 5.56 Å². The summed E-state index contributed by atoms with van der Waals surface area (Å²) in [6.07, 6.45) is 0.459. The Bertz CT molecular complexity index is 1220. The normalized spacial score (nSPS) is 19.0. The molecule has 6 nitrogen and oxygen atoms in total. The van der Waals surface area contributed by atoms with Crippen LogP contribution in [0.2, 0.25) is 0 Å². The van der Waals surface area contributed by atoms with Crippen LogP contribution in [-0.2, 0) is 7.05 Å². The molecule has 1 saturated heterocycles. The number of piperidine rings is 1. The highest BCUT2D eigenvalue weighted by molar-refractivity contribution is 5.88. The predicted octanol–water partition coefficient (Wildman–Crippen LogP) is 3.38. The van der Waals surface area contributed by atoms with Crippen LogP contribution in [0.25, 0.3) is 11.0 Å². The van der Waals surface area contributed by atoms with Gasteiger partial charge in [0.15, 0.2) is 11.6 Å². The number of anilines is 1. The lowest BCUT2D eigenvalue weighted by atomic mass is 9.95. The highest BCUT2D eigenvalue weighted by Crippen LogP contribution is 2.30. The lowest BCUT2D eigenvalue weighted by molar-refractivity contribution is 0.121. The molecule has 0 radical (unpaired) electrons. The first-order valence-electron chi connectivity index (χ1n) is 9.65. The number of benzene rings is 1. The molecule has 8 heteroatoms. The van der Waals surface area contributed by atoms with Crippen molar-refractivity contribution < 1.29 is 13.5 Å². The van der Waals surface area contributed by atoms with Gasteiger partial charge in [-0.05, 0) is 24.3 Å². The molecule has 1 fully saturated rings. The maximum Gasteiger partial charge on any atom is 0.252 e. The van der Waals surface area contributed by atoms with E-state index in [2.05, 4.69) is 9.88 Å². The Morgan fingerprint density at radius 1 is 1.20 bits per heavy atom. The Balaban J connectivity index is 1.60. The Kier molecular flexibility index (Phi) is 5.12. The monoisotopic (exact) mass is 410 g/mol. The van der Waals surface area contributed by atoms with Crippen molar-refractivity contribution in [3.8, 4) is 11.8 Å². The fraction of sp³-hybridized carbons (Fsp3) is 0.318. The van der Waals surface area contributed by atoms with Crippen molar-refractivity contribution in [2.75, 3.05) is 18.0 Å². The van der Waals surface area contributed by atoms with Crippen molar-refractivity contribution in [1.29, 1.82) is 5.26 Å². The second-order valence-electron chi connectivity index (χ2n) is 7.55. The molecule has 2 atom stereocenters. The molecule has 30 heavy (non-hydrogen) atoms. The molecule has 1 aliphatic heterocycles. The molecule has 0 spiro atoms. The average molecular weight is 410 g/mol. The van der Waals surface area contributed by atoms with E-state index in [1.165, 1.54) is 10.6 Å². The van der Waals surface area contributed by atoms with E-state index in [0.29, 0.717) is 42.0 Å². The van der Waals surface area contributed by atoms with Crippen molar-refractivity contribution in [2.24, 2.45) is 13.0 Å². The zero-order valence-electron chi connectivity index (χ0n) is 16.6. The molecule has 0 aliphatic carbocycles. The van der Waals surface area contributed by atoms with E-state index in [0.717, 1.165) is 12.1 Å². The number of halogens is 2. The van der Waals surface area contributed by atoms with Crippen LogP contribution in [0.1, 0.15) is 19.0 Å². The van der Waals surface area contributed by atoms with Crippen LogP contribution < -0.4 is 15.2 Å². The number of aromatic nitrogens is 2. The number of nitrogens with zero attached hydrogens (tertiary/aromatic N) is 4.